The Bertz CT molecular complexity index is 497. The van der Waals surface area contributed by atoms with Gasteiger partial charge in [0, 0.05) is 50.1 Å². The molecule has 2 rings (SSSR count). The van der Waals surface area contributed by atoms with Crippen LogP contribution in [-0.2, 0) is 4.79 Å². The summed E-state index contributed by atoms with van der Waals surface area (Å²) < 4.78 is 5.36. The van der Waals surface area contributed by atoms with Gasteiger partial charge in [-0.25, -0.2) is 0 Å². The van der Waals surface area contributed by atoms with Crippen molar-refractivity contribution >= 4 is 12.0 Å². The molecule has 0 bridgehead atoms. The molecule has 2 N–H and O–H groups in total. The molecule has 5 heteroatoms. The summed E-state index contributed by atoms with van der Waals surface area (Å²) in [6.07, 6.45) is 3.42. The Morgan fingerprint density at radius 3 is 2.67 bits per heavy atom. The van der Waals surface area contributed by atoms with E-state index in [1.54, 1.807) is 13.2 Å². The highest BCUT2D eigenvalue weighted by Gasteiger charge is 2.10. The quantitative estimate of drug-likeness (QED) is 0.434. The number of piperazine rings is 1. The number of rotatable bonds is 8. The molecule has 1 fully saturated rings. The van der Waals surface area contributed by atoms with E-state index in [4.69, 9.17) is 4.74 Å². The maximum absolute atomic E-state index is 10.9. The van der Waals surface area contributed by atoms with Crippen molar-refractivity contribution in [2.45, 2.75) is 20.3 Å². The fourth-order valence-electron chi connectivity index (χ4n) is 2.64. The minimum absolute atomic E-state index is 0.769. The van der Waals surface area contributed by atoms with Crippen LogP contribution in [0.4, 0.5) is 0 Å². The van der Waals surface area contributed by atoms with E-state index in [0.29, 0.717) is 0 Å². The summed E-state index contributed by atoms with van der Waals surface area (Å²) in [6.45, 7) is 10.3. The number of carbonyl (C=O) groups excluding carboxylic acids is 1. The van der Waals surface area contributed by atoms with Crippen LogP contribution in [0.25, 0.3) is 5.70 Å². The van der Waals surface area contributed by atoms with Crippen molar-refractivity contribution in [1.82, 2.24) is 15.5 Å². The molecule has 0 atom stereocenters. The largest absolute Gasteiger partial charge is 0.496 e. The zero-order valence-electron chi connectivity index (χ0n) is 15.2. The summed E-state index contributed by atoms with van der Waals surface area (Å²) in [5.74, 6) is 0.769. The van der Waals surface area contributed by atoms with E-state index in [1.807, 2.05) is 38.1 Å². The number of benzene rings is 1. The SMILES string of the molecule is CC.COc1ccccc1/C(=C\C=O)NCCCN1CCNCC1. The minimum atomic E-state index is 0.769. The van der Waals surface area contributed by atoms with Gasteiger partial charge in [0.1, 0.15) is 12.0 Å². The van der Waals surface area contributed by atoms with Crippen LogP contribution in [0.5, 0.6) is 5.75 Å². The summed E-state index contributed by atoms with van der Waals surface area (Å²) in [5.41, 5.74) is 1.73. The lowest BCUT2D eigenvalue weighted by Crippen LogP contribution is -2.44. The molecule has 134 valence electrons. The van der Waals surface area contributed by atoms with Crippen molar-refractivity contribution in [2.75, 3.05) is 46.4 Å². The van der Waals surface area contributed by atoms with Crippen LogP contribution in [0.2, 0.25) is 0 Å². The molecular formula is C19H31N3O2. The molecule has 0 aromatic heterocycles. The van der Waals surface area contributed by atoms with E-state index in [-0.39, 0.29) is 0 Å². The van der Waals surface area contributed by atoms with Gasteiger partial charge >= 0.3 is 0 Å². The molecule has 0 spiro atoms. The Labute approximate surface area is 146 Å². The van der Waals surface area contributed by atoms with Gasteiger partial charge in [-0.3, -0.25) is 4.79 Å². The lowest BCUT2D eigenvalue weighted by atomic mass is 10.1. The summed E-state index contributed by atoms with van der Waals surface area (Å²) in [7, 11) is 1.64. The molecule has 0 saturated carbocycles. The number of hydrogen-bond acceptors (Lipinski definition) is 5. The highest BCUT2D eigenvalue weighted by molar-refractivity contribution is 5.82. The molecule has 1 aliphatic heterocycles. The Morgan fingerprint density at radius 1 is 1.29 bits per heavy atom. The van der Waals surface area contributed by atoms with Crippen molar-refractivity contribution in [3.8, 4) is 5.75 Å². The first-order chi connectivity index (χ1) is 11.8. The Hall–Kier alpha value is -1.85. The third kappa shape index (κ3) is 6.72. The Kier molecular flexibility index (Phi) is 10.6. The standard InChI is InChI=1S/C17H25N3O2.C2H6/c1-22-17-6-3-2-5-15(17)16(7-14-21)19-8-4-11-20-12-9-18-10-13-20;1-2/h2-3,5-7,14,18-19H,4,8-13H2,1H3;1-2H3/b16-7+;. The molecule has 1 aromatic carbocycles. The summed E-state index contributed by atoms with van der Waals surface area (Å²) >= 11 is 0. The van der Waals surface area contributed by atoms with E-state index >= 15 is 0 Å². The highest BCUT2D eigenvalue weighted by atomic mass is 16.5. The number of carbonyl (C=O) groups is 1. The smallest absolute Gasteiger partial charge is 0.144 e. The van der Waals surface area contributed by atoms with Gasteiger partial charge in [-0.15, -0.1) is 0 Å². The van der Waals surface area contributed by atoms with Crippen LogP contribution < -0.4 is 15.4 Å². The number of ether oxygens (including phenoxy) is 1. The van der Waals surface area contributed by atoms with Gasteiger partial charge in [-0.2, -0.15) is 0 Å². The zero-order chi connectivity index (χ0) is 17.6. The summed E-state index contributed by atoms with van der Waals surface area (Å²) in [6, 6.07) is 7.72. The van der Waals surface area contributed by atoms with Crippen molar-refractivity contribution in [3.05, 3.63) is 35.9 Å². The van der Waals surface area contributed by atoms with Crippen LogP contribution in [0, 0.1) is 0 Å². The van der Waals surface area contributed by atoms with E-state index in [2.05, 4.69) is 15.5 Å². The number of hydrogen-bond donors (Lipinski definition) is 2. The second-order valence-electron chi connectivity index (χ2n) is 5.29. The van der Waals surface area contributed by atoms with Gasteiger partial charge < -0.3 is 20.3 Å². The van der Waals surface area contributed by atoms with E-state index in [1.165, 1.54) is 0 Å². The zero-order valence-corrected chi connectivity index (χ0v) is 15.2. The third-order valence-corrected chi connectivity index (χ3v) is 3.81. The molecule has 0 aliphatic carbocycles. The fourth-order valence-corrected chi connectivity index (χ4v) is 2.64. The van der Waals surface area contributed by atoms with E-state index in [0.717, 1.165) is 69.0 Å². The molecule has 1 heterocycles. The van der Waals surface area contributed by atoms with Gasteiger partial charge in [0.15, 0.2) is 0 Å². The van der Waals surface area contributed by atoms with Gasteiger partial charge in [0.25, 0.3) is 0 Å². The first-order valence-electron chi connectivity index (χ1n) is 8.81. The van der Waals surface area contributed by atoms with E-state index in [9.17, 15) is 4.79 Å². The van der Waals surface area contributed by atoms with Gasteiger partial charge in [0.05, 0.1) is 7.11 Å². The maximum atomic E-state index is 10.9. The highest BCUT2D eigenvalue weighted by Crippen LogP contribution is 2.23. The monoisotopic (exact) mass is 333 g/mol. The molecule has 24 heavy (non-hydrogen) atoms. The molecule has 1 aromatic rings. The summed E-state index contributed by atoms with van der Waals surface area (Å²) in [4.78, 5) is 13.4. The molecule has 5 nitrogen and oxygen atoms in total. The van der Waals surface area contributed by atoms with Crippen LogP contribution in [-0.4, -0.2) is 57.6 Å². The lowest BCUT2D eigenvalue weighted by Gasteiger charge is -2.27. The topological polar surface area (TPSA) is 53.6 Å². The van der Waals surface area contributed by atoms with Crippen LogP contribution in [0.3, 0.4) is 0 Å². The molecule has 0 amide bonds. The molecule has 0 unspecified atom stereocenters. The lowest BCUT2D eigenvalue weighted by molar-refractivity contribution is -0.104. The average Bonchev–Trinajstić information content (AvgIpc) is 2.66. The predicted octanol–water partition coefficient (Wildman–Crippen LogP) is 2.15. The van der Waals surface area contributed by atoms with Crippen molar-refractivity contribution in [2.24, 2.45) is 0 Å². The Balaban J connectivity index is 0.00000139. The van der Waals surface area contributed by atoms with Crippen LogP contribution >= 0.6 is 0 Å². The second-order valence-corrected chi connectivity index (χ2v) is 5.29. The van der Waals surface area contributed by atoms with Gasteiger partial charge in [-0.1, -0.05) is 26.0 Å². The van der Waals surface area contributed by atoms with Crippen LogP contribution in [0.15, 0.2) is 30.3 Å². The number of nitrogens with zero attached hydrogens (tertiary/aromatic N) is 1. The number of aldehydes is 1. The summed E-state index contributed by atoms with van der Waals surface area (Å²) in [5, 5.41) is 6.71. The van der Waals surface area contributed by atoms with Crippen molar-refractivity contribution < 1.29 is 9.53 Å². The third-order valence-electron chi connectivity index (χ3n) is 3.81. The van der Waals surface area contributed by atoms with Gasteiger partial charge in [-0.05, 0) is 25.1 Å². The van der Waals surface area contributed by atoms with Crippen molar-refractivity contribution in [1.29, 1.82) is 0 Å². The molecular weight excluding hydrogens is 302 g/mol. The average molecular weight is 333 g/mol. The normalized spacial score (nSPS) is 15.2. The van der Waals surface area contributed by atoms with Crippen LogP contribution in [0.1, 0.15) is 25.8 Å². The van der Waals surface area contributed by atoms with Crippen molar-refractivity contribution in [3.63, 3.8) is 0 Å². The maximum Gasteiger partial charge on any atom is 0.144 e. The number of nitrogens with one attached hydrogen (secondary N) is 2. The first kappa shape index (κ1) is 20.2. The molecule has 1 saturated heterocycles. The molecule has 0 radical (unpaired) electrons. The second kappa shape index (κ2) is 12.6. The minimum Gasteiger partial charge on any atom is -0.496 e. The Morgan fingerprint density at radius 2 is 2.00 bits per heavy atom. The number of methoxy groups -OCH3 is 1. The van der Waals surface area contributed by atoms with Gasteiger partial charge in [0.2, 0.25) is 0 Å². The fraction of sp³-hybridized carbons (Fsp3) is 0.526. The predicted molar refractivity (Wildman–Crippen MR) is 100 cm³/mol. The molecule has 1 aliphatic rings. The number of allylic oxidation sites excluding steroid dienone is 1. The van der Waals surface area contributed by atoms with E-state index < -0.39 is 0 Å². The first-order valence-corrected chi connectivity index (χ1v) is 8.81. The number of para-hydroxylation sites is 1.